The van der Waals surface area contributed by atoms with E-state index in [0.717, 1.165) is 62.4 Å². The molecule has 188 valence electrons. The second-order valence-electron chi connectivity index (χ2n) is 9.66. The first-order valence-electron chi connectivity index (χ1n) is 12.6. The van der Waals surface area contributed by atoms with E-state index in [-0.39, 0.29) is 24.4 Å². The molecule has 5 rings (SSSR count). The molecule has 0 radical (unpaired) electrons. The van der Waals surface area contributed by atoms with Crippen molar-refractivity contribution in [2.45, 2.75) is 45.3 Å². The van der Waals surface area contributed by atoms with Crippen molar-refractivity contribution in [1.29, 1.82) is 0 Å². The lowest BCUT2D eigenvalue weighted by atomic mass is 9.90. The van der Waals surface area contributed by atoms with Gasteiger partial charge in [0.25, 0.3) is 0 Å². The molecule has 2 aliphatic rings. The van der Waals surface area contributed by atoms with Crippen LogP contribution < -0.4 is 0 Å². The maximum atomic E-state index is 14.0. The van der Waals surface area contributed by atoms with Gasteiger partial charge in [-0.05, 0) is 61.1 Å². The molecule has 0 spiro atoms. The van der Waals surface area contributed by atoms with Gasteiger partial charge in [-0.15, -0.1) is 0 Å². The summed E-state index contributed by atoms with van der Waals surface area (Å²) in [4.78, 5) is 20.2. The van der Waals surface area contributed by atoms with Crippen molar-refractivity contribution >= 4 is 11.4 Å². The number of pyridine rings is 1. The van der Waals surface area contributed by atoms with Gasteiger partial charge >= 0.3 is 0 Å². The highest BCUT2D eigenvalue weighted by Gasteiger charge is 2.24. The minimum absolute atomic E-state index is 0.0135. The molecule has 0 amide bonds. The summed E-state index contributed by atoms with van der Waals surface area (Å²) in [7, 11) is 0. The number of nitrogens with zero attached hydrogens (tertiary/aromatic N) is 3. The molecule has 1 atom stereocenters. The van der Waals surface area contributed by atoms with E-state index in [2.05, 4.69) is 24.0 Å². The van der Waals surface area contributed by atoms with E-state index in [0.29, 0.717) is 17.3 Å². The molecular weight excluding hydrogens is 457 g/mol. The lowest BCUT2D eigenvalue weighted by Gasteiger charge is -2.36. The highest BCUT2D eigenvalue weighted by atomic mass is 19.1. The van der Waals surface area contributed by atoms with Crippen LogP contribution in [-0.4, -0.2) is 57.7 Å². The highest BCUT2D eigenvalue weighted by molar-refractivity contribution is 5.97. The van der Waals surface area contributed by atoms with Crippen molar-refractivity contribution in [1.82, 2.24) is 14.5 Å². The van der Waals surface area contributed by atoms with Gasteiger partial charge in [-0.3, -0.25) is 14.7 Å². The van der Waals surface area contributed by atoms with Crippen LogP contribution in [0.3, 0.4) is 0 Å². The number of halogens is 1. The zero-order valence-electron chi connectivity index (χ0n) is 20.6. The number of hydrogen-bond donors (Lipinski definition) is 1. The number of ketones is 1. The van der Waals surface area contributed by atoms with Gasteiger partial charge < -0.3 is 14.4 Å². The average molecular weight is 490 g/mol. The van der Waals surface area contributed by atoms with Gasteiger partial charge in [0.1, 0.15) is 5.82 Å². The summed E-state index contributed by atoms with van der Waals surface area (Å²) >= 11 is 0. The minimum Gasteiger partial charge on any atom is -0.392 e. The Kier molecular flexibility index (Phi) is 7.41. The van der Waals surface area contributed by atoms with Crippen LogP contribution in [0.15, 0.2) is 55.0 Å². The summed E-state index contributed by atoms with van der Waals surface area (Å²) in [5, 5.41) is 9.16. The molecule has 0 saturated carbocycles. The number of hydrogen-bond acceptors (Lipinski definition) is 5. The molecule has 1 saturated heterocycles. The third kappa shape index (κ3) is 5.33. The fourth-order valence-corrected chi connectivity index (χ4v) is 5.21. The number of ether oxygens (including phenoxy) is 1. The van der Waals surface area contributed by atoms with Crippen molar-refractivity contribution in [2.75, 3.05) is 26.3 Å². The average Bonchev–Trinajstić information content (AvgIpc) is 3.40. The van der Waals surface area contributed by atoms with Crippen LogP contribution in [0, 0.1) is 12.7 Å². The number of Topliss-reactive ketones (excluding diaryl/α,β-unsaturated/α-hetero) is 1. The van der Waals surface area contributed by atoms with E-state index in [1.165, 1.54) is 11.6 Å². The molecule has 1 N–H and O–H groups in total. The van der Waals surface area contributed by atoms with E-state index in [1.54, 1.807) is 35.2 Å². The highest BCUT2D eigenvalue weighted by Crippen LogP contribution is 2.30. The molecule has 1 fully saturated rings. The second kappa shape index (κ2) is 10.9. The monoisotopic (exact) mass is 489 g/mol. The lowest BCUT2D eigenvalue weighted by Crippen LogP contribution is -2.43. The Morgan fingerprint density at radius 1 is 1.22 bits per heavy atom. The first kappa shape index (κ1) is 24.6. The normalized spacial score (nSPS) is 18.8. The van der Waals surface area contributed by atoms with Crippen LogP contribution in [0.25, 0.3) is 11.3 Å². The molecule has 1 aliphatic carbocycles. The molecule has 3 heterocycles. The number of morpholine rings is 1. The van der Waals surface area contributed by atoms with Crippen molar-refractivity contribution in [3.63, 3.8) is 0 Å². The number of benzene rings is 1. The summed E-state index contributed by atoms with van der Waals surface area (Å²) in [6, 6.07) is 9.02. The fraction of sp³-hybridized carbons (Fsp3) is 0.379. The Morgan fingerprint density at radius 2 is 2.06 bits per heavy atom. The molecule has 1 unspecified atom stereocenters. The maximum Gasteiger partial charge on any atom is 0.168 e. The van der Waals surface area contributed by atoms with Crippen LogP contribution in [0.4, 0.5) is 4.39 Å². The molecule has 6 nitrogen and oxygen atoms in total. The molecule has 7 heteroatoms. The molecule has 1 aliphatic heterocycles. The van der Waals surface area contributed by atoms with Crippen LogP contribution in [0.5, 0.6) is 0 Å². The van der Waals surface area contributed by atoms with Gasteiger partial charge in [-0.25, -0.2) is 4.39 Å². The van der Waals surface area contributed by atoms with Crippen LogP contribution in [-0.2, 0) is 17.8 Å². The number of aromatic nitrogens is 2. The van der Waals surface area contributed by atoms with Crippen molar-refractivity contribution in [3.05, 3.63) is 88.8 Å². The summed E-state index contributed by atoms with van der Waals surface area (Å²) in [5.74, 6) is -0.483. The van der Waals surface area contributed by atoms with Gasteiger partial charge in [0.05, 0.1) is 25.5 Å². The molecule has 0 bridgehead atoms. The van der Waals surface area contributed by atoms with Gasteiger partial charge in [-0.2, -0.15) is 0 Å². The Balaban J connectivity index is 1.23. The third-order valence-corrected chi connectivity index (χ3v) is 7.27. The van der Waals surface area contributed by atoms with Crippen molar-refractivity contribution < 1.29 is 19.0 Å². The summed E-state index contributed by atoms with van der Waals surface area (Å²) in [6.07, 6.45) is 11.1. The number of carbonyl (C=O) groups excluding carboxylic acids is 1. The number of aliphatic hydroxyl groups excluding tert-OH is 1. The topological polar surface area (TPSA) is 67.6 Å². The van der Waals surface area contributed by atoms with Gasteiger partial charge in [0.15, 0.2) is 5.78 Å². The Morgan fingerprint density at radius 3 is 2.75 bits per heavy atom. The predicted octanol–water partition coefficient (Wildman–Crippen LogP) is 4.51. The summed E-state index contributed by atoms with van der Waals surface area (Å²) in [6.45, 7) is 5.41. The Hall–Kier alpha value is -3.13. The zero-order chi connectivity index (χ0) is 25.1. The van der Waals surface area contributed by atoms with Crippen LogP contribution >= 0.6 is 0 Å². The van der Waals surface area contributed by atoms with Crippen molar-refractivity contribution in [3.8, 4) is 5.69 Å². The van der Waals surface area contributed by atoms with Gasteiger partial charge in [0, 0.05) is 61.0 Å². The van der Waals surface area contributed by atoms with Gasteiger partial charge in [0.2, 0.25) is 0 Å². The lowest BCUT2D eigenvalue weighted by molar-refractivity contribution is 0.0150. The molecule has 2 aromatic heterocycles. The Bertz CT molecular complexity index is 1280. The SMILES string of the molecule is Cc1cc(CC(=O)c2ccn(-c3ccc(CO)c(F)c3)c2)cnc1C1=CCC(N2CCOCC2)CC1. The van der Waals surface area contributed by atoms with Crippen molar-refractivity contribution in [2.24, 2.45) is 0 Å². The number of carbonyl (C=O) groups is 1. The quantitative estimate of drug-likeness (QED) is 0.495. The van der Waals surface area contributed by atoms with Gasteiger partial charge in [-0.1, -0.05) is 18.2 Å². The smallest absolute Gasteiger partial charge is 0.168 e. The number of aliphatic hydroxyl groups is 1. The summed E-state index contributed by atoms with van der Waals surface area (Å²) in [5.41, 5.74) is 5.71. The molecule has 1 aromatic carbocycles. The third-order valence-electron chi connectivity index (χ3n) is 7.27. The zero-order valence-corrected chi connectivity index (χ0v) is 20.6. The minimum atomic E-state index is -0.470. The van der Waals surface area contributed by atoms with Crippen LogP contribution in [0.1, 0.15) is 52.0 Å². The summed E-state index contributed by atoms with van der Waals surface area (Å²) < 4.78 is 21.2. The van der Waals surface area contributed by atoms with E-state index in [9.17, 15) is 9.18 Å². The van der Waals surface area contributed by atoms with E-state index in [1.807, 2.05) is 6.20 Å². The van der Waals surface area contributed by atoms with E-state index in [4.69, 9.17) is 14.8 Å². The number of aryl methyl sites for hydroxylation is 1. The fourth-order valence-electron chi connectivity index (χ4n) is 5.21. The van der Waals surface area contributed by atoms with E-state index >= 15 is 0 Å². The standard InChI is InChI=1S/C29H32FN3O3/c1-20-14-21(17-31-29(20)22-2-5-25(6-3-22)32-10-12-36-13-11-32)15-28(35)23-8-9-33(18-23)26-7-4-24(19-34)27(30)16-26/h2,4,7-9,14,16-18,25,34H,3,5-6,10-13,15,19H2,1H3. The maximum absolute atomic E-state index is 14.0. The molecular formula is C29H32FN3O3. The second-order valence-corrected chi connectivity index (χ2v) is 9.66. The van der Waals surface area contributed by atoms with Crippen LogP contribution in [0.2, 0.25) is 0 Å². The first-order chi connectivity index (χ1) is 17.5. The number of rotatable bonds is 7. The van der Waals surface area contributed by atoms with E-state index < -0.39 is 5.82 Å². The molecule has 3 aromatic rings. The molecule has 36 heavy (non-hydrogen) atoms. The first-order valence-corrected chi connectivity index (χ1v) is 12.6. The largest absolute Gasteiger partial charge is 0.392 e. The predicted molar refractivity (Wildman–Crippen MR) is 137 cm³/mol. The number of allylic oxidation sites excluding steroid dienone is 1. The Labute approximate surface area is 211 Å².